The van der Waals surface area contributed by atoms with Gasteiger partial charge >= 0.3 is 0 Å². The Bertz CT molecular complexity index is 1090. The number of thiophene rings is 1. The van der Waals surface area contributed by atoms with Crippen LogP contribution in [0.4, 0.5) is 16.4 Å². The van der Waals surface area contributed by atoms with Crippen LogP contribution >= 0.6 is 11.3 Å². The lowest BCUT2D eigenvalue weighted by molar-refractivity contribution is 0.102. The number of hydrogen-bond acceptors (Lipinski definition) is 4. The van der Waals surface area contributed by atoms with Gasteiger partial charge in [0, 0.05) is 35.9 Å². The number of benzene rings is 2. The highest BCUT2D eigenvalue weighted by Crippen LogP contribution is 2.40. The first-order valence-electron chi connectivity index (χ1n) is 10.5. The minimum absolute atomic E-state index is 0.173. The molecule has 0 radical (unpaired) electrons. The number of fused-ring (bicyclic) bond motifs is 1. The van der Waals surface area contributed by atoms with Crippen molar-refractivity contribution in [2.24, 2.45) is 5.92 Å². The molecule has 1 atom stereocenters. The first kappa shape index (κ1) is 21.1. The third-order valence-corrected chi connectivity index (χ3v) is 6.81. The Balaban J connectivity index is 1.63. The van der Waals surface area contributed by atoms with Crippen LogP contribution in [0.5, 0.6) is 0 Å². The van der Waals surface area contributed by atoms with E-state index in [1.165, 1.54) is 16.2 Å². The Kier molecular flexibility index (Phi) is 6.09. The summed E-state index contributed by atoms with van der Waals surface area (Å²) < 4.78 is 0. The predicted molar refractivity (Wildman–Crippen MR) is 129 cm³/mol. The SMILES string of the molecule is CC1CCc2c(sc(NC(=O)c3ccccc3)c2C(=O)Nc2ccc(N(C)C)cc2)C1. The summed E-state index contributed by atoms with van der Waals surface area (Å²) in [6, 6.07) is 16.8. The minimum Gasteiger partial charge on any atom is -0.378 e. The lowest BCUT2D eigenvalue weighted by Crippen LogP contribution is -2.19. The fourth-order valence-electron chi connectivity index (χ4n) is 3.88. The maximum absolute atomic E-state index is 13.3. The van der Waals surface area contributed by atoms with E-state index in [0.717, 1.165) is 36.2 Å². The number of anilines is 3. The first-order chi connectivity index (χ1) is 14.9. The van der Waals surface area contributed by atoms with E-state index < -0.39 is 0 Å². The summed E-state index contributed by atoms with van der Waals surface area (Å²) in [5, 5.41) is 6.66. The Labute approximate surface area is 187 Å². The van der Waals surface area contributed by atoms with Crippen LogP contribution in [-0.4, -0.2) is 25.9 Å². The van der Waals surface area contributed by atoms with Crippen LogP contribution in [0.25, 0.3) is 0 Å². The average Bonchev–Trinajstić information content (AvgIpc) is 3.11. The molecule has 0 fully saturated rings. The van der Waals surface area contributed by atoms with Gasteiger partial charge in [-0.2, -0.15) is 0 Å². The molecule has 4 rings (SSSR count). The third kappa shape index (κ3) is 4.64. The zero-order valence-corrected chi connectivity index (χ0v) is 18.9. The van der Waals surface area contributed by atoms with Gasteiger partial charge in [-0.1, -0.05) is 25.1 Å². The number of hydrogen-bond donors (Lipinski definition) is 2. The number of nitrogens with one attached hydrogen (secondary N) is 2. The second-order valence-electron chi connectivity index (χ2n) is 8.27. The summed E-state index contributed by atoms with van der Waals surface area (Å²) in [4.78, 5) is 29.3. The molecule has 6 heteroatoms. The molecule has 31 heavy (non-hydrogen) atoms. The summed E-state index contributed by atoms with van der Waals surface area (Å²) in [5.74, 6) is 0.211. The van der Waals surface area contributed by atoms with Crippen molar-refractivity contribution in [3.63, 3.8) is 0 Å². The van der Waals surface area contributed by atoms with Crippen LogP contribution in [0, 0.1) is 5.92 Å². The van der Waals surface area contributed by atoms with E-state index in [0.29, 0.717) is 22.0 Å². The molecule has 1 aliphatic rings. The smallest absolute Gasteiger partial charge is 0.258 e. The van der Waals surface area contributed by atoms with Gasteiger partial charge in [-0.3, -0.25) is 9.59 Å². The zero-order chi connectivity index (χ0) is 22.0. The van der Waals surface area contributed by atoms with Gasteiger partial charge in [-0.25, -0.2) is 0 Å². The molecule has 0 saturated heterocycles. The van der Waals surface area contributed by atoms with E-state index in [4.69, 9.17) is 0 Å². The van der Waals surface area contributed by atoms with E-state index in [2.05, 4.69) is 17.6 Å². The third-order valence-electron chi connectivity index (χ3n) is 5.64. The Morgan fingerprint density at radius 1 is 0.968 bits per heavy atom. The normalized spacial score (nSPS) is 15.1. The van der Waals surface area contributed by atoms with Crippen molar-refractivity contribution in [3.8, 4) is 0 Å². The molecule has 160 valence electrons. The van der Waals surface area contributed by atoms with Gasteiger partial charge in [0.1, 0.15) is 5.00 Å². The number of carbonyl (C=O) groups excluding carboxylic acids is 2. The standard InChI is InChI=1S/C25H27N3O2S/c1-16-9-14-20-21(15-16)31-25(27-23(29)17-7-5-4-6-8-17)22(20)24(30)26-18-10-12-19(13-11-18)28(2)3/h4-8,10-13,16H,9,14-15H2,1-3H3,(H,26,30)(H,27,29). The topological polar surface area (TPSA) is 61.4 Å². The number of carbonyl (C=O) groups is 2. The average molecular weight is 434 g/mol. The van der Waals surface area contributed by atoms with E-state index in [1.807, 2.05) is 61.5 Å². The molecule has 0 bridgehead atoms. The molecule has 1 heterocycles. The first-order valence-corrected chi connectivity index (χ1v) is 11.3. The van der Waals surface area contributed by atoms with Crippen LogP contribution < -0.4 is 15.5 Å². The second-order valence-corrected chi connectivity index (χ2v) is 9.38. The molecule has 0 saturated carbocycles. The van der Waals surface area contributed by atoms with E-state index in [1.54, 1.807) is 12.1 Å². The van der Waals surface area contributed by atoms with Gasteiger partial charge in [-0.15, -0.1) is 11.3 Å². The van der Waals surface area contributed by atoms with Crippen molar-refractivity contribution in [1.82, 2.24) is 0 Å². The molecule has 0 aliphatic heterocycles. The second kappa shape index (κ2) is 8.94. The van der Waals surface area contributed by atoms with Gasteiger partial charge < -0.3 is 15.5 Å². The maximum atomic E-state index is 13.3. The number of amides is 2. The van der Waals surface area contributed by atoms with Gasteiger partial charge in [0.25, 0.3) is 11.8 Å². The molecule has 3 aromatic rings. The molecule has 1 aliphatic carbocycles. The highest BCUT2D eigenvalue weighted by atomic mass is 32.1. The molecule has 2 aromatic carbocycles. The Hall–Kier alpha value is -3.12. The monoisotopic (exact) mass is 433 g/mol. The van der Waals surface area contributed by atoms with Gasteiger partial charge in [0.15, 0.2) is 0 Å². The minimum atomic E-state index is -0.198. The van der Waals surface area contributed by atoms with Crippen molar-refractivity contribution in [2.45, 2.75) is 26.2 Å². The summed E-state index contributed by atoms with van der Waals surface area (Å²) in [5.41, 5.74) is 4.06. The molecule has 1 unspecified atom stereocenters. The highest BCUT2D eigenvalue weighted by molar-refractivity contribution is 7.17. The van der Waals surface area contributed by atoms with E-state index >= 15 is 0 Å². The fourth-order valence-corrected chi connectivity index (χ4v) is 5.28. The summed E-state index contributed by atoms with van der Waals surface area (Å²) in [6.45, 7) is 2.23. The Morgan fingerprint density at radius 3 is 2.35 bits per heavy atom. The summed E-state index contributed by atoms with van der Waals surface area (Å²) >= 11 is 1.53. The fraction of sp³-hybridized carbons (Fsp3) is 0.280. The molecule has 5 nitrogen and oxygen atoms in total. The van der Waals surface area contributed by atoms with Crippen LogP contribution in [0.3, 0.4) is 0 Å². The van der Waals surface area contributed by atoms with Crippen LogP contribution in [0.2, 0.25) is 0 Å². The quantitative estimate of drug-likeness (QED) is 0.563. The number of nitrogens with zero attached hydrogens (tertiary/aromatic N) is 1. The van der Waals surface area contributed by atoms with Crippen LogP contribution in [0.15, 0.2) is 54.6 Å². The molecule has 2 N–H and O–H groups in total. The zero-order valence-electron chi connectivity index (χ0n) is 18.1. The van der Waals surface area contributed by atoms with Crippen molar-refractivity contribution in [2.75, 3.05) is 29.6 Å². The predicted octanol–water partition coefficient (Wildman–Crippen LogP) is 5.44. The van der Waals surface area contributed by atoms with Crippen LogP contribution in [0.1, 0.15) is 44.5 Å². The van der Waals surface area contributed by atoms with Gasteiger partial charge in [0.05, 0.1) is 5.56 Å². The largest absolute Gasteiger partial charge is 0.378 e. The van der Waals surface area contributed by atoms with E-state index in [-0.39, 0.29) is 11.8 Å². The summed E-state index contributed by atoms with van der Waals surface area (Å²) in [7, 11) is 3.96. The number of rotatable bonds is 5. The maximum Gasteiger partial charge on any atom is 0.258 e. The van der Waals surface area contributed by atoms with Gasteiger partial charge in [-0.05, 0) is 67.1 Å². The lowest BCUT2D eigenvalue weighted by Gasteiger charge is -2.19. The molecule has 1 aromatic heterocycles. The van der Waals surface area contributed by atoms with Crippen molar-refractivity contribution in [1.29, 1.82) is 0 Å². The van der Waals surface area contributed by atoms with Gasteiger partial charge in [0.2, 0.25) is 0 Å². The summed E-state index contributed by atoms with van der Waals surface area (Å²) in [6.07, 6.45) is 2.85. The van der Waals surface area contributed by atoms with Crippen molar-refractivity contribution < 1.29 is 9.59 Å². The lowest BCUT2D eigenvalue weighted by atomic mass is 9.88. The molecular formula is C25H27N3O2S. The molecule has 2 amide bonds. The Morgan fingerprint density at radius 2 is 1.68 bits per heavy atom. The van der Waals surface area contributed by atoms with Crippen molar-refractivity contribution in [3.05, 3.63) is 76.2 Å². The van der Waals surface area contributed by atoms with Crippen LogP contribution in [-0.2, 0) is 12.8 Å². The molecule has 0 spiro atoms. The molecular weight excluding hydrogens is 406 g/mol. The highest BCUT2D eigenvalue weighted by Gasteiger charge is 2.28. The van der Waals surface area contributed by atoms with Crippen molar-refractivity contribution >= 4 is 39.5 Å². The van der Waals surface area contributed by atoms with E-state index in [9.17, 15) is 9.59 Å².